The molecule has 1 aromatic carbocycles. The molecular weight excluding hydrogens is 346 g/mol. The van der Waals surface area contributed by atoms with Crippen LogP contribution in [-0.2, 0) is 6.42 Å². The largest absolute Gasteiger partial charge is 0.347 e. The van der Waals surface area contributed by atoms with Crippen molar-refractivity contribution >= 4 is 16.5 Å². The zero-order valence-electron chi connectivity index (χ0n) is 14.5. The SMILES string of the molecule is c1ccc(Cc2nnc(N3CCC(c4noc(C5CC5)n4)CC3)s2)cc1. The molecule has 0 atom stereocenters. The summed E-state index contributed by atoms with van der Waals surface area (Å²) in [6.45, 7) is 1.94. The van der Waals surface area contributed by atoms with Gasteiger partial charge in [0.15, 0.2) is 5.82 Å². The first-order chi connectivity index (χ1) is 12.8. The standard InChI is InChI=1S/C19H21N5OS/c1-2-4-13(5-3-1)12-16-21-22-19(26-16)24-10-8-14(9-11-24)17-20-18(25-23-17)15-6-7-15/h1-5,14-15H,6-12H2. The van der Waals surface area contributed by atoms with Crippen molar-refractivity contribution in [3.05, 3.63) is 52.6 Å². The molecule has 0 N–H and O–H groups in total. The molecule has 2 fully saturated rings. The molecule has 7 heteroatoms. The summed E-state index contributed by atoms with van der Waals surface area (Å²) >= 11 is 1.70. The molecule has 6 nitrogen and oxygen atoms in total. The molecule has 5 rings (SSSR count). The molecule has 1 aliphatic heterocycles. The lowest BCUT2D eigenvalue weighted by Gasteiger charge is -2.29. The van der Waals surface area contributed by atoms with E-state index in [4.69, 9.17) is 4.52 Å². The van der Waals surface area contributed by atoms with Crippen LogP contribution in [0.1, 0.15) is 59.8 Å². The zero-order chi connectivity index (χ0) is 17.3. The monoisotopic (exact) mass is 367 g/mol. The van der Waals surface area contributed by atoms with E-state index in [2.05, 4.69) is 49.5 Å². The molecule has 3 aromatic rings. The van der Waals surface area contributed by atoms with Crippen LogP contribution in [0.15, 0.2) is 34.9 Å². The normalized spacial score (nSPS) is 18.4. The molecule has 1 saturated heterocycles. The van der Waals surface area contributed by atoms with Crippen molar-refractivity contribution in [2.45, 2.75) is 43.9 Å². The van der Waals surface area contributed by atoms with Gasteiger partial charge in [0.1, 0.15) is 5.01 Å². The van der Waals surface area contributed by atoms with Crippen LogP contribution < -0.4 is 4.90 Å². The Morgan fingerprint density at radius 2 is 1.81 bits per heavy atom. The Morgan fingerprint density at radius 3 is 2.58 bits per heavy atom. The maximum atomic E-state index is 5.42. The molecule has 2 aliphatic rings. The third-order valence-corrected chi connectivity index (χ3v) is 6.15. The summed E-state index contributed by atoms with van der Waals surface area (Å²) in [4.78, 5) is 6.96. The van der Waals surface area contributed by atoms with Gasteiger partial charge in [-0.1, -0.05) is 46.8 Å². The number of rotatable bonds is 5. The van der Waals surface area contributed by atoms with Gasteiger partial charge in [0, 0.05) is 31.3 Å². The summed E-state index contributed by atoms with van der Waals surface area (Å²) in [7, 11) is 0. The molecule has 0 bridgehead atoms. The van der Waals surface area contributed by atoms with Crippen molar-refractivity contribution in [3.8, 4) is 0 Å². The summed E-state index contributed by atoms with van der Waals surface area (Å²) < 4.78 is 5.42. The maximum Gasteiger partial charge on any atom is 0.229 e. The van der Waals surface area contributed by atoms with E-state index in [0.717, 1.165) is 54.2 Å². The van der Waals surface area contributed by atoms with Gasteiger partial charge in [-0.3, -0.25) is 0 Å². The topological polar surface area (TPSA) is 67.9 Å². The lowest BCUT2D eigenvalue weighted by Crippen LogP contribution is -2.33. The van der Waals surface area contributed by atoms with Gasteiger partial charge in [0.2, 0.25) is 11.0 Å². The van der Waals surface area contributed by atoms with E-state index >= 15 is 0 Å². The Kier molecular flexibility index (Phi) is 4.16. The number of piperidine rings is 1. The smallest absolute Gasteiger partial charge is 0.229 e. The fraction of sp³-hybridized carbons (Fsp3) is 0.474. The Morgan fingerprint density at radius 1 is 1.00 bits per heavy atom. The first-order valence-corrected chi connectivity index (χ1v) is 10.1. The average Bonchev–Trinajstić information content (AvgIpc) is 3.23. The quantitative estimate of drug-likeness (QED) is 0.684. The third-order valence-electron chi connectivity index (χ3n) is 5.17. The van der Waals surface area contributed by atoms with Gasteiger partial charge in [-0.25, -0.2) is 0 Å². The molecule has 0 unspecified atom stereocenters. The second kappa shape index (κ2) is 6.79. The van der Waals surface area contributed by atoms with E-state index < -0.39 is 0 Å². The van der Waals surface area contributed by atoms with Crippen molar-refractivity contribution < 1.29 is 4.52 Å². The predicted molar refractivity (Wildman–Crippen MR) is 99.6 cm³/mol. The zero-order valence-corrected chi connectivity index (χ0v) is 15.4. The fourth-order valence-electron chi connectivity index (χ4n) is 3.45. The number of anilines is 1. The highest BCUT2D eigenvalue weighted by atomic mass is 32.1. The van der Waals surface area contributed by atoms with Crippen LogP contribution in [0.2, 0.25) is 0 Å². The van der Waals surface area contributed by atoms with Crippen molar-refractivity contribution in [1.29, 1.82) is 0 Å². The van der Waals surface area contributed by atoms with Gasteiger partial charge in [0.05, 0.1) is 0 Å². The molecule has 0 radical (unpaired) electrons. The maximum absolute atomic E-state index is 5.42. The Labute approximate surface area is 156 Å². The number of hydrogen-bond acceptors (Lipinski definition) is 7. The summed E-state index contributed by atoms with van der Waals surface area (Å²) in [5, 5.41) is 15.1. The van der Waals surface area contributed by atoms with Crippen LogP contribution in [0, 0.1) is 0 Å². The summed E-state index contributed by atoms with van der Waals surface area (Å²) in [6.07, 6.45) is 5.32. The summed E-state index contributed by atoms with van der Waals surface area (Å²) in [6, 6.07) is 10.4. The minimum atomic E-state index is 0.402. The van der Waals surface area contributed by atoms with Gasteiger partial charge in [-0.05, 0) is 31.2 Å². The predicted octanol–water partition coefficient (Wildman–Crippen LogP) is 3.77. The van der Waals surface area contributed by atoms with Gasteiger partial charge >= 0.3 is 0 Å². The number of hydrogen-bond donors (Lipinski definition) is 0. The molecule has 3 heterocycles. The minimum Gasteiger partial charge on any atom is -0.347 e. The minimum absolute atomic E-state index is 0.402. The molecule has 134 valence electrons. The van der Waals surface area contributed by atoms with E-state index in [-0.39, 0.29) is 0 Å². The molecule has 2 aromatic heterocycles. The van der Waals surface area contributed by atoms with Gasteiger partial charge in [-0.2, -0.15) is 4.98 Å². The lowest BCUT2D eigenvalue weighted by atomic mass is 9.96. The van der Waals surface area contributed by atoms with E-state index in [1.165, 1.54) is 18.4 Å². The highest BCUT2D eigenvalue weighted by Gasteiger charge is 2.32. The fourth-order valence-corrected chi connectivity index (χ4v) is 4.38. The van der Waals surface area contributed by atoms with Crippen LogP contribution in [0.5, 0.6) is 0 Å². The van der Waals surface area contributed by atoms with Crippen LogP contribution in [-0.4, -0.2) is 33.4 Å². The highest BCUT2D eigenvalue weighted by Crippen LogP contribution is 2.40. The van der Waals surface area contributed by atoms with Gasteiger partial charge in [-0.15, -0.1) is 10.2 Å². The second-order valence-electron chi connectivity index (χ2n) is 7.17. The van der Waals surface area contributed by atoms with Gasteiger partial charge < -0.3 is 9.42 Å². The molecule has 1 aliphatic carbocycles. The first-order valence-electron chi connectivity index (χ1n) is 9.30. The molecule has 26 heavy (non-hydrogen) atoms. The highest BCUT2D eigenvalue weighted by molar-refractivity contribution is 7.15. The number of benzene rings is 1. The van der Waals surface area contributed by atoms with Gasteiger partial charge in [0.25, 0.3) is 0 Å². The Balaban J connectivity index is 1.20. The van der Waals surface area contributed by atoms with Crippen LogP contribution >= 0.6 is 11.3 Å². The second-order valence-corrected chi connectivity index (χ2v) is 8.21. The number of aromatic nitrogens is 4. The molecular formula is C19H21N5OS. The average molecular weight is 367 g/mol. The van der Waals surface area contributed by atoms with E-state index in [1.807, 2.05) is 6.07 Å². The van der Waals surface area contributed by atoms with Crippen LogP contribution in [0.4, 0.5) is 5.13 Å². The summed E-state index contributed by atoms with van der Waals surface area (Å²) in [5.41, 5.74) is 1.28. The molecule has 0 spiro atoms. The van der Waals surface area contributed by atoms with Crippen molar-refractivity contribution in [3.63, 3.8) is 0 Å². The third kappa shape index (κ3) is 3.35. The lowest BCUT2D eigenvalue weighted by molar-refractivity contribution is 0.365. The van der Waals surface area contributed by atoms with Crippen LogP contribution in [0.3, 0.4) is 0 Å². The first kappa shape index (κ1) is 15.9. The van der Waals surface area contributed by atoms with Crippen molar-refractivity contribution in [2.24, 2.45) is 0 Å². The molecule has 1 saturated carbocycles. The van der Waals surface area contributed by atoms with Crippen molar-refractivity contribution in [1.82, 2.24) is 20.3 Å². The summed E-state index contributed by atoms with van der Waals surface area (Å²) in [5.74, 6) is 2.67. The number of nitrogens with zero attached hydrogens (tertiary/aromatic N) is 5. The van der Waals surface area contributed by atoms with E-state index in [1.54, 1.807) is 11.3 Å². The van der Waals surface area contributed by atoms with Crippen LogP contribution in [0.25, 0.3) is 0 Å². The van der Waals surface area contributed by atoms with Crippen molar-refractivity contribution in [2.75, 3.05) is 18.0 Å². The Bertz CT molecular complexity index is 865. The Hall–Kier alpha value is -2.28. The van der Waals surface area contributed by atoms with E-state index in [9.17, 15) is 0 Å². The van der Waals surface area contributed by atoms with E-state index in [0.29, 0.717) is 11.8 Å². The molecule has 0 amide bonds.